The predicted octanol–water partition coefficient (Wildman–Crippen LogP) is 6.35. The number of carbonyl (C=O) groups excluding carboxylic acids is 1. The van der Waals surface area contributed by atoms with Crippen LogP contribution >= 0.6 is 11.3 Å². The highest BCUT2D eigenvalue weighted by atomic mass is 32.1. The van der Waals surface area contributed by atoms with Crippen molar-refractivity contribution in [3.05, 3.63) is 112 Å². The van der Waals surface area contributed by atoms with Crippen LogP contribution in [0, 0.1) is 19.7 Å². The summed E-state index contributed by atoms with van der Waals surface area (Å²) in [5.41, 5.74) is 4.47. The Morgan fingerprint density at radius 3 is 2.32 bits per heavy atom. The lowest BCUT2D eigenvalue weighted by molar-refractivity contribution is 0.102. The number of aromatic nitrogens is 1. The van der Waals surface area contributed by atoms with Crippen molar-refractivity contribution in [1.29, 1.82) is 0 Å². The molecule has 4 aromatic rings. The molecule has 0 radical (unpaired) electrons. The molecule has 2 N–H and O–H groups in total. The van der Waals surface area contributed by atoms with Gasteiger partial charge in [-0.15, -0.1) is 11.3 Å². The molecule has 1 amide bonds. The number of benzene rings is 2. The summed E-state index contributed by atoms with van der Waals surface area (Å²) in [5, 5.41) is 7.40. The lowest BCUT2D eigenvalue weighted by atomic mass is 9.96. The molecule has 0 saturated heterocycles. The number of carbonyl (C=O) groups is 1. The van der Waals surface area contributed by atoms with Crippen LogP contribution in [-0.4, -0.2) is 10.9 Å². The third-order valence-electron chi connectivity index (χ3n) is 5.18. The summed E-state index contributed by atoms with van der Waals surface area (Å²) in [7, 11) is 0. The van der Waals surface area contributed by atoms with Crippen LogP contribution in [0.2, 0.25) is 0 Å². The molecule has 2 aromatic carbocycles. The Morgan fingerprint density at radius 1 is 0.968 bits per heavy atom. The molecule has 6 heteroatoms. The maximum Gasteiger partial charge on any atom is 0.256 e. The maximum absolute atomic E-state index is 13.4. The topological polar surface area (TPSA) is 54.0 Å². The Bertz CT molecular complexity index is 1170. The van der Waals surface area contributed by atoms with Crippen molar-refractivity contribution in [3.63, 3.8) is 0 Å². The summed E-state index contributed by atoms with van der Waals surface area (Å²) in [6.07, 6.45) is 3.48. The zero-order valence-electron chi connectivity index (χ0n) is 17.2. The van der Waals surface area contributed by atoms with Gasteiger partial charge in [0.05, 0.1) is 6.04 Å². The van der Waals surface area contributed by atoms with E-state index >= 15 is 0 Å². The predicted molar refractivity (Wildman–Crippen MR) is 124 cm³/mol. The maximum atomic E-state index is 13.4. The quantitative estimate of drug-likeness (QED) is 0.374. The molecular weight excluding hydrogens is 409 g/mol. The molecule has 4 rings (SSSR count). The monoisotopic (exact) mass is 431 g/mol. The van der Waals surface area contributed by atoms with Crippen LogP contribution in [0.1, 0.15) is 38.0 Å². The van der Waals surface area contributed by atoms with Gasteiger partial charge < -0.3 is 10.6 Å². The summed E-state index contributed by atoms with van der Waals surface area (Å²) in [6.45, 7) is 4.10. The van der Waals surface area contributed by atoms with E-state index in [0.29, 0.717) is 5.56 Å². The van der Waals surface area contributed by atoms with Crippen LogP contribution in [0.4, 0.5) is 15.1 Å². The summed E-state index contributed by atoms with van der Waals surface area (Å²) in [6, 6.07) is 19.1. The summed E-state index contributed by atoms with van der Waals surface area (Å²) in [4.78, 5) is 18.1. The molecule has 1 atom stereocenters. The largest absolute Gasteiger partial charge is 0.374 e. The fraction of sp³-hybridized carbons (Fsp3) is 0.120. The second-order valence-electron chi connectivity index (χ2n) is 7.21. The van der Waals surface area contributed by atoms with Gasteiger partial charge in [-0.3, -0.25) is 9.78 Å². The second-order valence-corrected chi connectivity index (χ2v) is 8.44. The van der Waals surface area contributed by atoms with Gasteiger partial charge in [-0.2, -0.15) is 0 Å². The number of hydrogen-bond acceptors (Lipinski definition) is 4. The zero-order chi connectivity index (χ0) is 21.8. The smallest absolute Gasteiger partial charge is 0.256 e. The number of thiophene rings is 1. The van der Waals surface area contributed by atoms with Gasteiger partial charge in [-0.1, -0.05) is 18.2 Å². The van der Waals surface area contributed by atoms with E-state index in [9.17, 15) is 9.18 Å². The molecular formula is C25H22FN3OS. The van der Waals surface area contributed by atoms with Crippen molar-refractivity contribution in [2.45, 2.75) is 19.9 Å². The number of nitrogens with one attached hydrogen (secondary N) is 2. The van der Waals surface area contributed by atoms with Gasteiger partial charge in [0.2, 0.25) is 0 Å². The minimum Gasteiger partial charge on any atom is -0.374 e. The first-order valence-corrected chi connectivity index (χ1v) is 10.7. The van der Waals surface area contributed by atoms with Gasteiger partial charge in [-0.05, 0) is 73.5 Å². The van der Waals surface area contributed by atoms with E-state index in [-0.39, 0.29) is 17.8 Å². The first kappa shape index (κ1) is 20.8. The minimum absolute atomic E-state index is 0.154. The first-order valence-electron chi connectivity index (χ1n) is 9.91. The number of aryl methyl sites for hydroxylation is 1. The molecule has 0 bridgehead atoms. The fourth-order valence-corrected chi connectivity index (χ4v) is 4.53. The zero-order valence-corrected chi connectivity index (χ0v) is 18.0. The van der Waals surface area contributed by atoms with Gasteiger partial charge in [0.1, 0.15) is 10.8 Å². The highest BCUT2D eigenvalue weighted by Crippen LogP contribution is 2.41. The third-order valence-corrected chi connectivity index (χ3v) is 6.32. The van der Waals surface area contributed by atoms with Crippen LogP contribution in [0.25, 0.3) is 0 Å². The first-order chi connectivity index (χ1) is 15.0. The van der Waals surface area contributed by atoms with Crippen molar-refractivity contribution in [1.82, 2.24) is 4.98 Å². The number of halogens is 1. The number of pyridine rings is 1. The standard InChI is InChI=1S/C25H22FN3OS/c1-16-17(2)31-25(29-24(30)19-6-4-3-5-7-19)22(16)23(18-12-14-27-15-13-18)28-21-10-8-20(26)9-11-21/h3-15,23,28H,1-2H3,(H,29,30)/t23-/m1/s1. The molecule has 0 aliphatic carbocycles. The number of hydrogen-bond donors (Lipinski definition) is 2. The van der Waals surface area contributed by atoms with Crippen molar-refractivity contribution in [3.8, 4) is 0 Å². The van der Waals surface area contributed by atoms with Crippen molar-refractivity contribution < 1.29 is 9.18 Å². The highest BCUT2D eigenvalue weighted by molar-refractivity contribution is 7.16. The number of rotatable bonds is 6. The number of nitrogens with zero attached hydrogens (tertiary/aromatic N) is 1. The molecule has 2 aromatic heterocycles. The van der Waals surface area contributed by atoms with Gasteiger partial charge in [-0.25, -0.2) is 4.39 Å². The third kappa shape index (κ3) is 4.64. The Balaban J connectivity index is 1.75. The SMILES string of the molecule is Cc1sc(NC(=O)c2ccccc2)c([C@H](Nc2ccc(F)cc2)c2ccncc2)c1C. The molecule has 0 aliphatic heterocycles. The normalized spacial score (nSPS) is 11.7. The highest BCUT2D eigenvalue weighted by Gasteiger charge is 2.25. The molecule has 4 nitrogen and oxygen atoms in total. The molecule has 0 fully saturated rings. The summed E-state index contributed by atoms with van der Waals surface area (Å²) in [5.74, 6) is -0.442. The van der Waals surface area contributed by atoms with Crippen molar-refractivity contribution in [2.24, 2.45) is 0 Å². The van der Waals surface area contributed by atoms with Crippen molar-refractivity contribution >= 4 is 27.9 Å². The molecule has 0 spiro atoms. The van der Waals surface area contributed by atoms with E-state index in [0.717, 1.165) is 32.3 Å². The van der Waals surface area contributed by atoms with Crippen LogP contribution in [-0.2, 0) is 0 Å². The molecule has 0 aliphatic rings. The summed E-state index contributed by atoms with van der Waals surface area (Å²) >= 11 is 1.55. The molecule has 31 heavy (non-hydrogen) atoms. The van der Waals surface area contributed by atoms with Crippen LogP contribution in [0.3, 0.4) is 0 Å². The van der Waals surface area contributed by atoms with Crippen molar-refractivity contribution in [2.75, 3.05) is 10.6 Å². The summed E-state index contributed by atoms with van der Waals surface area (Å²) < 4.78 is 13.4. The Kier molecular flexibility index (Phi) is 6.09. The van der Waals surface area contributed by atoms with Crippen LogP contribution < -0.4 is 10.6 Å². The molecule has 0 saturated carbocycles. The Labute approximate surface area is 184 Å². The second kappa shape index (κ2) is 9.10. The van der Waals surface area contributed by atoms with E-state index in [1.54, 1.807) is 48.0 Å². The van der Waals surface area contributed by atoms with Gasteiger partial charge >= 0.3 is 0 Å². The number of amides is 1. The van der Waals surface area contributed by atoms with E-state index in [1.165, 1.54) is 12.1 Å². The van der Waals surface area contributed by atoms with Gasteiger partial charge in [0.25, 0.3) is 5.91 Å². The lowest BCUT2D eigenvalue weighted by Gasteiger charge is -2.23. The van der Waals surface area contributed by atoms with Crippen LogP contribution in [0.15, 0.2) is 79.1 Å². The molecule has 2 heterocycles. The fourth-order valence-electron chi connectivity index (χ4n) is 3.44. The van der Waals surface area contributed by atoms with E-state index < -0.39 is 0 Å². The Morgan fingerprint density at radius 2 is 1.65 bits per heavy atom. The van der Waals surface area contributed by atoms with E-state index in [1.807, 2.05) is 37.3 Å². The average Bonchev–Trinajstić information content (AvgIpc) is 3.07. The van der Waals surface area contributed by atoms with Gasteiger partial charge in [0, 0.05) is 34.1 Å². The minimum atomic E-state index is -0.288. The van der Waals surface area contributed by atoms with E-state index in [2.05, 4.69) is 22.5 Å². The molecule has 0 unspecified atom stereocenters. The van der Waals surface area contributed by atoms with Crippen LogP contribution in [0.5, 0.6) is 0 Å². The lowest BCUT2D eigenvalue weighted by Crippen LogP contribution is -2.17. The van der Waals surface area contributed by atoms with E-state index in [4.69, 9.17) is 0 Å². The Hall–Kier alpha value is -3.51. The number of anilines is 2. The molecule has 156 valence electrons. The van der Waals surface area contributed by atoms with Gasteiger partial charge in [0.15, 0.2) is 0 Å². The average molecular weight is 432 g/mol.